The summed E-state index contributed by atoms with van der Waals surface area (Å²) in [6, 6.07) is 5.77. The lowest BCUT2D eigenvalue weighted by atomic mass is 10.1. The highest BCUT2D eigenvalue weighted by Crippen LogP contribution is 2.15. The summed E-state index contributed by atoms with van der Waals surface area (Å²) < 4.78 is 24.4. The smallest absolute Gasteiger partial charge is 0.308 e. The van der Waals surface area contributed by atoms with Gasteiger partial charge in [-0.15, -0.1) is 0 Å². The summed E-state index contributed by atoms with van der Waals surface area (Å²) in [6.07, 6.45) is 1.82. The third kappa shape index (κ3) is 4.76. The van der Waals surface area contributed by atoms with E-state index in [1.54, 1.807) is 23.1 Å². The van der Waals surface area contributed by atoms with Gasteiger partial charge in [0.1, 0.15) is 12.4 Å². The fourth-order valence-corrected chi connectivity index (χ4v) is 3.13. The van der Waals surface area contributed by atoms with Crippen molar-refractivity contribution in [1.82, 2.24) is 10.2 Å². The van der Waals surface area contributed by atoms with Crippen LogP contribution in [0.5, 0.6) is 0 Å². The van der Waals surface area contributed by atoms with Gasteiger partial charge in [-0.2, -0.15) is 0 Å². The molecule has 7 heteroatoms. The monoisotopic (exact) mass is 350 g/mol. The lowest BCUT2D eigenvalue weighted by Gasteiger charge is -2.33. The number of nitrogens with zero attached hydrogens (tertiary/aromatic N) is 1. The number of benzene rings is 1. The Bertz CT molecular complexity index is 619. The molecule has 1 aromatic carbocycles. The van der Waals surface area contributed by atoms with Crippen LogP contribution < -0.4 is 5.32 Å². The molecule has 1 aromatic rings. The molecular formula is C18H23FN2O4. The van der Waals surface area contributed by atoms with Crippen LogP contribution in [0.15, 0.2) is 24.3 Å². The van der Waals surface area contributed by atoms with Crippen LogP contribution in [0.1, 0.15) is 24.8 Å². The number of carbonyl (C=O) groups is 2. The fraction of sp³-hybridized carbons (Fsp3) is 0.556. The second-order valence-electron chi connectivity index (χ2n) is 6.38. The van der Waals surface area contributed by atoms with Crippen molar-refractivity contribution < 1.29 is 23.5 Å². The Kier molecular flexibility index (Phi) is 5.99. The molecule has 0 aliphatic carbocycles. The Labute approximate surface area is 146 Å². The van der Waals surface area contributed by atoms with Gasteiger partial charge in [0.15, 0.2) is 0 Å². The maximum Gasteiger partial charge on any atom is 0.308 e. The van der Waals surface area contributed by atoms with E-state index in [0.29, 0.717) is 25.3 Å². The van der Waals surface area contributed by atoms with E-state index in [-0.39, 0.29) is 37.4 Å². The van der Waals surface area contributed by atoms with Crippen LogP contribution in [0.25, 0.3) is 0 Å². The van der Waals surface area contributed by atoms with Crippen LogP contribution in [0.4, 0.5) is 4.39 Å². The van der Waals surface area contributed by atoms with Gasteiger partial charge in [-0.25, -0.2) is 4.39 Å². The van der Waals surface area contributed by atoms with E-state index in [4.69, 9.17) is 9.47 Å². The van der Waals surface area contributed by atoms with E-state index in [1.165, 1.54) is 6.07 Å². The molecule has 2 aliphatic rings. The van der Waals surface area contributed by atoms with Gasteiger partial charge in [0, 0.05) is 31.8 Å². The van der Waals surface area contributed by atoms with Gasteiger partial charge in [0.2, 0.25) is 5.91 Å². The standard InChI is InChI=1S/C18H23FN2O4/c19-15-6-2-1-4-13(15)11-21-8-7-20-16(18(21)23)10-17(22)25-12-14-5-3-9-24-14/h1-2,4,6,14,16,20H,3,5,7-12H2. The van der Waals surface area contributed by atoms with Gasteiger partial charge < -0.3 is 19.7 Å². The summed E-state index contributed by atoms with van der Waals surface area (Å²) in [5.74, 6) is -0.959. The van der Waals surface area contributed by atoms with Crippen molar-refractivity contribution in [2.45, 2.75) is 38.0 Å². The summed E-state index contributed by atoms with van der Waals surface area (Å²) in [6.45, 7) is 2.18. The van der Waals surface area contributed by atoms with Crippen LogP contribution in [-0.4, -0.2) is 55.2 Å². The van der Waals surface area contributed by atoms with Crippen LogP contribution in [-0.2, 0) is 25.6 Å². The molecule has 2 unspecified atom stereocenters. The predicted octanol–water partition coefficient (Wildman–Crippen LogP) is 1.24. The molecule has 2 fully saturated rings. The summed E-state index contributed by atoms with van der Waals surface area (Å²) in [4.78, 5) is 26.1. The molecule has 136 valence electrons. The molecule has 3 rings (SSSR count). The summed E-state index contributed by atoms with van der Waals surface area (Å²) >= 11 is 0. The number of carbonyl (C=O) groups excluding carboxylic acids is 2. The van der Waals surface area contributed by atoms with Gasteiger partial charge in [0.05, 0.1) is 18.6 Å². The van der Waals surface area contributed by atoms with Gasteiger partial charge in [-0.3, -0.25) is 9.59 Å². The number of hydrogen-bond donors (Lipinski definition) is 1. The number of esters is 1. The summed E-state index contributed by atoms with van der Waals surface area (Å²) in [5.41, 5.74) is 0.470. The second-order valence-corrected chi connectivity index (χ2v) is 6.38. The van der Waals surface area contributed by atoms with Crippen molar-refractivity contribution in [2.24, 2.45) is 0 Å². The maximum absolute atomic E-state index is 13.8. The highest BCUT2D eigenvalue weighted by molar-refractivity contribution is 5.87. The number of amides is 1. The Hall–Kier alpha value is -1.99. The molecule has 1 N–H and O–H groups in total. The minimum absolute atomic E-state index is 0.0284. The average molecular weight is 350 g/mol. The zero-order chi connectivity index (χ0) is 17.6. The Morgan fingerprint density at radius 1 is 1.40 bits per heavy atom. The number of hydrogen-bond acceptors (Lipinski definition) is 5. The molecule has 0 bridgehead atoms. The SMILES string of the molecule is O=C(CC1NCCN(Cc2ccccc2F)C1=O)OCC1CCCO1. The predicted molar refractivity (Wildman–Crippen MR) is 88.2 cm³/mol. The first-order chi connectivity index (χ1) is 12.1. The molecule has 1 amide bonds. The van der Waals surface area contributed by atoms with Gasteiger partial charge >= 0.3 is 5.97 Å². The number of nitrogens with one attached hydrogen (secondary N) is 1. The first kappa shape index (κ1) is 17.8. The van der Waals surface area contributed by atoms with Crippen molar-refractivity contribution in [3.8, 4) is 0 Å². The van der Waals surface area contributed by atoms with Crippen LogP contribution in [0, 0.1) is 5.82 Å². The molecule has 2 heterocycles. The number of ether oxygens (including phenoxy) is 2. The number of piperazine rings is 1. The van der Waals surface area contributed by atoms with E-state index < -0.39 is 12.0 Å². The highest BCUT2D eigenvalue weighted by Gasteiger charge is 2.31. The Balaban J connectivity index is 1.51. The average Bonchev–Trinajstić information content (AvgIpc) is 3.12. The molecule has 0 spiro atoms. The first-order valence-electron chi connectivity index (χ1n) is 8.66. The van der Waals surface area contributed by atoms with E-state index in [0.717, 1.165) is 12.8 Å². The topological polar surface area (TPSA) is 67.9 Å². The fourth-order valence-electron chi connectivity index (χ4n) is 3.13. The zero-order valence-electron chi connectivity index (χ0n) is 14.1. The van der Waals surface area contributed by atoms with Crippen molar-refractivity contribution >= 4 is 11.9 Å². The van der Waals surface area contributed by atoms with Crippen molar-refractivity contribution in [3.05, 3.63) is 35.6 Å². The van der Waals surface area contributed by atoms with Crippen LogP contribution in [0.2, 0.25) is 0 Å². The summed E-state index contributed by atoms with van der Waals surface area (Å²) in [5, 5.41) is 3.04. The third-order valence-electron chi connectivity index (χ3n) is 4.53. The molecule has 0 saturated carbocycles. The lowest BCUT2D eigenvalue weighted by molar-refractivity contribution is -0.151. The van der Waals surface area contributed by atoms with E-state index in [2.05, 4.69) is 5.32 Å². The normalized spacial score (nSPS) is 23.7. The minimum Gasteiger partial charge on any atom is -0.463 e. The van der Waals surface area contributed by atoms with E-state index in [9.17, 15) is 14.0 Å². The van der Waals surface area contributed by atoms with Crippen molar-refractivity contribution in [1.29, 1.82) is 0 Å². The number of halogens is 1. The summed E-state index contributed by atoms with van der Waals surface area (Å²) in [7, 11) is 0. The first-order valence-corrected chi connectivity index (χ1v) is 8.66. The Morgan fingerprint density at radius 3 is 3.00 bits per heavy atom. The quantitative estimate of drug-likeness (QED) is 0.782. The third-order valence-corrected chi connectivity index (χ3v) is 4.53. The number of rotatable bonds is 6. The molecule has 25 heavy (non-hydrogen) atoms. The maximum atomic E-state index is 13.8. The van der Waals surface area contributed by atoms with Gasteiger partial charge in [0.25, 0.3) is 0 Å². The lowest BCUT2D eigenvalue weighted by Crippen LogP contribution is -2.55. The van der Waals surface area contributed by atoms with Gasteiger partial charge in [-0.05, 0) is 18.9 Å². The molecule has 0 radical (unpaired) electrons. The van der Waals surface area contributed by atoms with E-state index in [1.807, 2.05) is 0 Å². The molecule has 0 aromatic heterocycles. The van der Waals surface area contributed by atoms with Crippen LogP contribution in [0.3, 0.4) is 0 Å². The van der Waals surface area contributed by atoms with Crippen LogP contribution >= 0.6 is 0 Å². The Morgan fingerprint density at radius 2 is 2.24 bits per heavy atom. The highest BCUT2D eigenvalue weighted by atomic mass is 19.1. The van der Waals surface area contributed by atoms with Crippen molar-refractivity contribution in [3.63, 3.8) is 0 Å². The zero-order valence-corrected chi connectivity index (χ0v) is 14.1. The molecular weight excluding hydrogens is 327 g/mol. The molecule has 2 atom stereocenters. The van der Waals surface area contributed by atoms with Gasteiger partial charge in [-0.1, -0.05) is 18.2 Å². The van der Waals surface area contributed by atoms with Crippen molar-refractivity contribution in [2.75, 3.05) is 26.3 Å². The molecule has 2 aliphatic heterocycles. The van der Waals surface area contributed by atoms with E-state index >= 15 is 0 Å². The molecule has 2 saturated heterocycles. The second kappa shape index (κ2) is 8.40. The largest absolute Gasteiger partial charge is 0.463 e. The minimum atomic E-state index is -0.627. The molecule has 6 nitrogen and oxygen atoms in total.